The summed E-state index contributed by atoms with van der Waals surface area (Å²) in [6.07, 6.45) is 0. The maximum atomic E-state index is 14.1. The van der Waals surface area contributed by atoms with Crippen LogP contribution in [0.25, 0.3) is 0 Å². The molecule has 0 aliphatic heterocycles. The number of carboxylic acids is 1. The molecule has 0 amide bonds. The Labute approximate surface area is 111 Å². The van der Waals surface area contributed by atoms with Crippen molar-refractivity contribution in [1.29, 1.82) is 0 Å². The molecule has 0 aromatic heterocycles. The second kappa shape index (κ2) is 5.88. The molecular weight excluding hydrogens is 253 g/mol. The predicted molar refractivity (Wildman–Crippen MR) is 68.4 cm³/mol. The standard InChI is InChI=1S/C13H18FNO4/c1-6-9(8(5-15)13(16)17)12(19-4)11(18-3)7(2)10(6)14/h8H,5,15H2,1-4H3,(H,16,17). The molecule has 6 heteroatoms. The number of halogens is 1. The highest BCUT2D eigenvalue weighted by molar-refractivity contribution is 5.79. The third-order valence-electron chi connectivity index (χ3n) is 3.14. The molecule has 106 valence electrons. The number of methoxy groups -OCH3 is 2. The predicted octanol–water partition coefficient (Wildman–Crippen LogP) is 1.59. The number of nitrogens with two attached hydrogens (primary N) is 1. The first-order chi connectivity index (χ1) is 8.90. The first-order valence-corrected chi connectivity index (χ1v) is 5.74. The van der Waals surface area contributed by atoms with Crippen molar-refractivity contribution in [3.05, 3.63) is 22.5 Å². The zero-order valence-electron chi connectivity index (χ0n) is 11.4. The summed E-state index contributed by atoms with van der Waals surface area (Å²) in [6, 6.07) is 0. The Bertz CT molecular complexity index is 502. The van der Waals surface area contributed by atoms with Crippen molar-refractivity contribution in [2.45, 2.75) is 19.8 Å². The Hall–Kier alpha value is -1.82. The van der Waals surface area contributed by atoms with Gasteiger partial charge in [0.15, 0.2) is 11.5 Å². The summed E-state index contributed by atoms with van der Waals surface area (Å²) in [5.41, 5.74) is 6.19. The lowest BCUT2D eigenvalue weighted by Crippen LogP contribution is -2.23. The number of benzene rings is 1. The molecule has 0 aliphatic rings. The fourth-order valence-corrected chi connectivity index (χ4v) is 2.17. The third-order valence-corrected chi connectivity index (χ3v) is 3.14. The van der Waals surface area contributed by atoms with Crippen molar-refractivity contribution in [1.82, 2.24) is 0 Å². The molecule has 0 fully saturated rings. The molecule has 0 saturated carbocycles. The smallest absolute Gasteiger partial charge is 0.312 e. The zero-order valence-corrected chi connectivity index (χ0v) is 11.4. The second-order valence-electron chi connectivity index (χ2n) is 4.17. The van der Waals surface area contributed by atoms with Crippen LogP contribution in [0.1, 0.15) is 22.6 Å². The van der Waals surface area contributed by atoms with Gasteiger partial charge in [0.25, 0.3) is 0 Å². The monoisotopic (exact) mass is 271 g/mol. The molecule has 0 heterocycles. The summed E-state index contributed by atoms with van der Waals surface area (Å²) in [4.78, 5) is 11.2. The van der Waals surface area contributed by atoms with Crippen LogP contribution in [0.2, 0.25) is 0 Å². The molecular formula is C13H18FNO4. The lowest BCUT2D eigenvalue weighted by molar-refractivity contribution is -0.138. The quantitative estimate of drug-likeness (QED) is 0.849. The molecule has 0 saturated heterocycles. The average Bonchev–Trinajstić information content (AvgIpc) is 2.38. The minimum Gasteiger partial charge on any atom is -0.493 e. The molecule has 1 unspecified atom stereocenters. The maximum Gasteiger partial charge on any atom is 0.312 e. The number of ether oxygens (including phenoxy) is 2. The van der Waals surface area contributed by atoms with E-state index in [0.717, 1.165) is 0 Å². The fourth-order valence-electron chi connectivity index (χ4n) is 2.17. The SMILES string of the molecule is COc1c(C)c(F)c(C)c(C(CN)C(=O)O)c1OC. The Morgan fingerprint density at radius 1 is 1.26 bits per heavy atom. The summed E-state index contributed by atoms with van der Waals surface area (Å²) in [5, 5.41) is 9.20. The lowest BCUT2D eigenvalue weighted by Gasteiger charge is -2.22. The molecule has 1 aromatic carbocycles. The third kappa shape index (κ3) is 2.49. The summed E-state index contributed by atoms with van der Waals surface area (Å²) in [7, 11) is 2.76. The Kier molecular flexibility index (Phi) is 4.72. The van der Waals surface area contributed by atoms with Crippen molar-refractivity contribution in [3.63, 3.8) is 0 Å². The van der Waals surface area contributed by atoms with Gasteiger partial charge in [-0.15, -0.1) is 0 Å². The number of aliphatic carboxylic acids is 1. The molecule has 3 N–H and O–H groups in total. The van der Waals surface area contributed by atoms with Crippen LogP contribution in [0.3, 0.4) is 0 Å². The van der Waals surface area contributed by atoms with E-state index in [4.69, 9.17) is 15.2 Å². The van der Waals surface area contributed by atoms with E-state index in [1.807, 2.05) is 0 Å². The van der Waals surface area contributed by atoms with E-state index in [9.17, 15) is 14.3 Å². The normalized spacial score (nSPS) is 12.1. The maximum absolute atomic E-state index is 14.1. The van der Waals surface area contributed by atoms with Crippen molar-refractivity contribution >= 4 is 5.97 Å². The van der Waals surface area contributed by atoms with Crippen LogP contribution in [0.4, 0.5) is 4.39 Å². The van der Waals surface area contributed by atoms with Gasteiger partial charge in [0, 0.05) is 17.7 Å². The highest BCUT2D eigenvalue weighted by atomic mass is 19.1. The van der Waals surface area contributed by atoms with E-state index >= 15 is 0 Å². The van der Waals surface area contributed by atoms with E-state index in [-0.39, 0.29) is 34.7 Å². The molecule has 19 heavy (non-hydrogen) atoms. The van der Waals surface area contributed by atoms with Gasteiger partial charge in [0.05, 0.1) is 20.1 Å². The summed E-state index contributed by atoms with van der Waals surface area (Å²) in [6.45, 7) is 2.90. The van der Waals surface area contributed by atoms with Crippen LogP contribution in [0.5, 0.6) is 11.5 Å². The zero-order chi connectivity index (χ0) is 14.7. The van der Waals surface area contributed by atoms with Crippen molar-refractivity contribution < 1.29 is 23.8 Å². The van der Waals surface area contributed by atoms with Gasteiger partial charge in [-0.2, -0.15) is 0 Å². The highest BCUT2D eigenvalue weighted by Crippen LogP contribution is 2.42. The molecule has 0 spiro atoms. The summed E-state index contributed by atoms with van der Waals surface area (Å²) < 4.78 is 24.5. The van der Waals surface area contributed by atoms with Crippen LogP contribution in [0, 0.1) is 19.7 Å². The molecule has 5 nitrogen and oxygen atoms in total. The minimum atomic E-state index is -1.13. The number of hydrogen-bond donors (Lipinski definition) is 2. The van der Waals surface area contributed by atoms with Gasteiger partial charge in [0.1, 0.15) is 5.82 Å². The topological polar surface area (TPSA) is 81.8 Å². The summed E-state index contributed by atoms with van der Waals surface area (Å²) in [5.74, 6) is -2.27. The van der Waals surface area contributed by atoms with E-state index in [2.05, 4.69) is 0 Å². The van der Waals surface area contributed by atoms with Crippen LogP contribution in [0.15, 0.2) is 0 Å². The van der Waals surface area contributed by atoms with Gasteiger partial charge in [-0.25, -0.2) is 4.39 Å². The van der Waals surface area contributed by atoms with Crippen LogP contribution < -0.4 is 15.2 Å². The lowest BCUT2D eigenvalue weighted by atomic mass is 9.91. The van der Waals surface area contributed by atoms with Crippen molar-refractivity contribution in [3.8, 4) is 11.5 Å². The highest BCUT2D eigenvalue weighted by Gasteiger charge is 2.30. The largest absolute Gasteiger partial charge is 0.493 e. The first-order valence-electron chi connectivity index (χ1n) is 5.74. The van der Waals surface area contributed by atoms with Gasteiger partial charge in [-0.3, -0.25) is 4.79 Å². The van der Waals surface area contributed by atoms with Crippen LogP contribution >= 0.6 is 0 Å². The number of carboxylic acid groups (broad SMARTS) is 1. The van der Waals surface area contributed by atoms with Gasteiger partial charge < -0.3 is 20.3 Å². The molecule has 0 radical (unpaired) electrons. The Morgan fingerprint density at radius 2 is 1.79 bits per heavy atom. The molecule has 0 aliphatic carbocycles. The first kappa shape index (κ1) is 15.2. The number of carbonyl (C=O) groups is 1. The molecule has 1 rings (SSSR count). The van der Waals surface area contributed by atoms with E-state index < -0.39 is 17.7 Å². The molecule has 1 aromatic rings. The van der Waals surface area contributed by atoms with Crippen LogP contribution in [-0.2, 0) is 4.79 Å². The van der Waals surface area contributed by atoms with Gasteiger partial charge in [-0.05, 0) is 19.4 Å². The molecule has 1 atom stereocenters. The fraction of sp³-hybridized carbons (Fsp3) is 0.462. The van der Waals surface area contributed by atoms with Crippen LogP contribution in [-0.4, -0.2) is 31.8 Å². The number of hydrogen-bond acceptors (Lipinski definition) is 4. The number of rotatable bonds is 5. The van der Waals surface area contributed by atoms with E-state index in [0.29, 0.717) is 0 Å². The van der Waals surface area contributed by atoms with Crippen molar-refractivity contribution in [2.75, 3.05) is 20.8 Å². The average molecular weight is 271 g/mol. The molecule has 0 bridgehead atoms. The summed E-state index contributed by atoms with van der Waals surface area (Å²) >= 11 is 0. The Morgan fingerprint density at radius 3 is 2.16 bits per heavy atom. The van der Waals surface area contributed by atoms with E-state index in [1.165, 1.54) is 21.1 Å². The van der Waals surface area contributed by atoms with Gasteiger partial charge in [-0.1, -0.05) is 0 Å². The van der Waals surface area contributed by atoms with E-state index in [1.54, 1.807) is 6.92 Å². The minimum absolute atomic E-state index is 0.155. The van der Waals surface area contributed by atoms with Crippen molar-refractivity contribution in [2.24, 2.45) is 5.73 Å². The van der Waals surface area contributed by atoms with Gasteiger partial charge >= 0.3 is 5.97 Å². The Balaban J connectivity index is 3.70. The van der Waals surface area contributed by atoms with Gasteiger partial charge in [0.2, 0.25) is 0 Å². The second-order valence-corrected chi connectivity index (χ2v) is 4.17.